The third kappa shape index (κ3) is 5.62. The monoisotopic (exact) mass is 346 g/mol. The number of carbonyl (C=O) groups is 2. The van der Waals surface area contributed by atoms with Gasteiger partial charge in [-0.2, -0.15) is 5.10 Å². The lowest BCUT2D eigenvalue weighted by Gasteiger charge is -2.07. The van der Waals surface area contributed by atoms with Crippen LogP contribution in [0.4, 0.5) is 10.5 Å². The molecule has 0 atom stereocenters. The minimum Gasteiger partial charge on any atom is -0.507 e. The molecule has 0 aliphatic heterocycles. The number of halogens is 1. The van der Waals surface area contributed by atoms with Crippen molar-refractivity contribution >= 4 is 35.4 Å². The molecule has 2 aromatic rings. The minimum absolute atomic E-state index is 0.0505. The summed E-state index contributed by atoms with van der Waals surface area (Å²) in [4.78, 5) is 23.2. The molecule has 0 spiro atoms. The second kappa shape index (κ2) is 8.54. The van der Waals surface area contributed by atoms with E-state index in [1.165, 1.54) is 12.3 Å². The lowest BCUT2D eigenvalue weighted by molar-refractivity contribution is -0.120. The highest BCUT2D eigenvalue weighted by atomic mass is 35.5. The number of rotatable bonds is 5. The average molecular weight is 347 g/mol. The summed E-state index contributed by atoms with van der Waals surface area (Å²) in [6.45, 7) is -0.259. The number of para-hydroxylation sites is 1. The van der Waals surface area contributed by atoms with Crippen LogP contribution >= 0.6 is 11.6 Å². The summed E-state index contributed by atoms with van der Waals surface area (Å²) in [5.41, 5.74) is 3.22. The van der Waals surface area contributed by atoms with Gasteiger partial charge < -0.3 is 15.7 Å². The van der Waals surface area contributed by atoms with Crippen molar-refractivity contribution < 1.29 is 14.7 Å². The van der Waals surface area contributed by atoms with Gasteiger partial charge in [0.2, 0.25) is 0 Å². The molecule has 124 valence electrons. The van der Waals surface area contributed by atoms with Crippen LogP contribution in [-0.2, 0) is 4.79 Å². The molecule has 0 aliphatic carbocycles. The lowest BCUT2D eigenvalue weighted by Crippen LogP contribution is -2.37. The van der Waals surface area contributed by atoms with Crippen LogP contribution < -0.4 is 16.1 Å². The molecule has 0 fully saturated rings. The van der Waals surface area contributed by atoms with E-state index in [-0.39, 0.29) is 12.3 Å². The third-order valence-electron chi connectivity index (χ3n) is 2.82. The van der Waals surface area contributed by atoms with Crippen LogP contribution in [0.1, 0.15) is 5.56 Å². The molecule has 2 aromatic carbocycles. The van der Waals surface area contributed by atoms with Gasteiger partial charge in [0, 0.05) is 16.3 Å². The molecule has 7 nitrogen and oxygen atoms in total. The van der Waals surface area contributed by atoms with Crippen LogP contribution in [0.15, 0.2) is 53.6 Å². The Balaban J connectivity index is 1.75. The number of amides is 3. The van der Waals surface area contributed by atoms with E-state index in [0.717, 1.165) is 0 Å². The van der Waals surface area contributed by atoms with Gasteiger partial charge in [-0.3, -0.25) is 4.79 Å². The fraction of sp³-hybridized carbons (Fsp3) is 0.0625. The molecule has 0 saturated heterocycles. The van der Waals surface area contributed by atoms with E-state index >= 15 is 0 Å². The average Bonchev–Trinajstić information content (AvgIpc) is 2.55. The smallest absolute Gasteiger partial charge is 0.319 e. The van der Waals surface area contributed by atoms with E-state index in [1.807, 2.05) is 0 Å². The van der Waals surface area contributed by atoms with E-state index in [4.69, 9.17) is 11.6 Å². The second-order valence-corrected chi connectivity index (χ2v) is 5.11. The Hall–Kier alpha value is -3.06. The Labute approximate surface area is 143 Å². The Kier molecular flexibility index (Phi) is 6.16. The first-order valence-corrected chi connectivity index (χ1v) is 7.33. The number of phenolic OH excluding ortho intramolecular Hbond substituents is 1. The van der Waals surface area contributed by atoms with E-state index < -0.39 is 11.9 Å². The third-order valence-corrected chi connectivity index (χ3v) is 3.06. The number of nitrogens with one attached hydrogen (secondary N) is 3. The molecule has 0 radical (unpaired) electrons. The first-order chi connectivity index (χ1) is 11.5. The van der Waals surface area contributed by atoms with Crippen LogP contribution in [0.3, 0.4) is 0 Å². The van der Waals surface area contributed by atoms with Gasteiger partial charge in [0.1, 0.15) is 12.3 Å². The number of hydrogen-bond acceptors (Lipinski definition) is 4. The molecular formula is C16H15ClN4O3. The molecule has 3 amide bonds. The van der Waals surface area contributed by atoms with Crippen molar-refractivity contribution in [3.05, 3.63) is 59.1 Å². The van der Waals surface area contributed by atoms with Gasteiger partial charge in [0.25, 0.3) is 5.91 Å². The summed E-state index contributed by atoms with van der Waals surface area (Å²) in [5.74, 6) is -0.461. The predicted octanol–water partition coefficient (Wildman–Crippen LogP) is 2.32. The van der Waals surface area contributed by atoms with Crippen molar-refractivity contribution in [2.75, 3.05) is 11.9 Å². The zero-order valence-electron chi connectivity index (χ0n) is 12.5. The number of aromatic hydroxyl groups is 1. The zero-order valence-corrected chi connectivity index (χ0v) is 13.2. The first kappa shape index (κ1) is 17.3. The molecule has 0 aromatic heterocycles. The SMILES string of the molecule is O=C(CNC(=O)Nc1cccc(Cl)c1)NN=Cc1ccccc1O. The maximum Gasteiger partial charge on any atom is 0.319 e. The second-order valence-electron chi connectivity index (χ2n) is 4.67. The number of hydrazone groups is 1. The van der Waals surface area contributed by atoms with E-state index in [0.29, 0.717) is 16.3 Å². The number of benzene rings is 2. The lowest BCUT2D eigenvalue weighted by atomic mass is 10.2. The van der Waals surface area contributed by atoms with E-state index in [1.54, 1.807) is 42.5 Å². The highest BCUT2D eigenvalue weighted by molar-refractivity contribution is 6.30. The summed E-state index contributed by atoms with van der Waals surface area (Å²) in [5, 5.41) is 18.6. The van der Waals surface area contributed by atoms with Gasteiger partial charge >= 0.3 is 6.03 Å². The molecular weight excluding hydrogens is 332 g/mol. The zero-order chi connectivity index (χ0) is 17.4. The summed E-state index contributed by atoms with van der Waals surface area (Å²) in [6.07, 6.45) is 1.30. The molecule has 2 rings (SSSR count). The maximum atomic E-state index is 11.7. The van der Waals surface area contributed by atoms with Crippen molar-refractivity contribution in [3.8, 4) is 5.75 Å². The largest absolute Gasteiger partial charge is 0.507 e. The standard InChI is InChI=1S/C16H15ClN4O3/c17-12-5-3-6-13(8-12)20-16(24)18-10-15(23)21-19-9-11-4-1-2-7-14(11)22/h1-9,22H,10H2,(H,21,23)(H2,18,20,24). The van der Waals surface area contributed by atoms with Crippen LogP contribution in [0.25, 0.3) is 0 Å². The van der Waals surface area contributed by atoms with Crippen molar-refractivity contribution in [1.29, 1.82) is 0 Å². The topological polar surface area (TPSA) is 103 Å². The van der Waals surface area contributed by atoms with E-state index in [2.05, 4.69) is 21.2 Å². The van der Waals surface area contributed by atoms with Crippen molar-refractivity contribution in [1.82, 2.24) is 10.7 Å². The summed E-state index contributed by atoms with van der Waals surface area (Å²) in [6, 6.07) is 12.6. The normalized spacial score (nSPS) is 10.4. The molecule has 8 heteroatoms. The van der Waals surface area contributed by atoms with Crippen LogP contribution in [0, 0.1) is 0 Å². The molecule has 0 aliphatic rings. The molecule has 4 N–H and O–H groups in total. The van der Waals surface area contributed by atoms with Gasteiger partial charge in [-0.25, -0.2) is 10.2 Å². The summed E-state index contributed by atoms with van der Waals surface area (Å²) < 4.78 is 0. The van der Waals surface area contributed by atoms with Crippen molar-refractivity contribution in [3.63, 3.8) is 0 Å². The van der Waals surface area contributed by atoms with Crippen LogP contribution in [0.5, 0.6) is 5.75 Å². The predicted molar refractivity (Wildman–Crippen MR) is 92.3 cm³/mol. The highest BCUT2D eigenvalue weighted by Gasteiger charge is 2.05. The maximum absolute atomic E-state index is 11.7. The quantitative estimate of drug-likeness (QED) is 0.493. The van der Waals surface area contributed by atoms with Gasteiger partial charge in [-0.15, -0.1) is 0 Å². The molecule has 0 bridgehead atoms. The minimum atomic E-state index is -0.544. The van der Waals surface area contributed by atoms with Crippen molar-refractivity contribution in [2.45, 2.75) is 0 Å². The highest BCUT2D eigenvalue weighted by Crippen LogP contribution is 2.14. The Morgan fingerprint density at radius 2 is 1.96 bits per heavy atom. The van der Waals surface area contributed by atoms with Gasteiger partial charge in [-0.05, 0) is 30.3 Å². The summed E-state index contributed by atoms with van der Waals surface area (Å²) in [7, 11) is 0. The fourth-order valence-corrected chi connectivity index (χ4v) is 1.90. The molecule has 0 saturated carbocycles. The molecule has 24 heavy (non-hydrogen) atoms. The van der Waals surface area contributed by atoms with Crippen molar-refractivity contribution in [2.24, 2.45) is 5.10 Å². The van der Waals surface area contributed by atoms with Gasteiger partial charge in [0.15, 0.2) is 0 Å². The number of anilines is 1. The fourth-order valence-electron chi connectivity index (χ4n) is 1.71. The molecule has 0 heterocycles. The number of urea groups is 1. The number of phenols is 1. The van der Waals surface area contributed by atoms with E-state index in [9.17, 15) is 14.7 Å². The Morgan fingerprint density at radius 1 is 1.17 bits per heavy atom. The van der Waals surface area contributed by atoms with Gasteiger partial charge in [0.05, 0.1) is 6.21 Å². The summed E-state index contributed by atoms with van der Waals surface area (Å²) >= 11 is 5.81. The number of hydrogen-bond donors (Lipinski definition) is 4. The molecule has 0 unspecified atom stereocenters. The Bertz CT molecular complexity index is 764. The van der Waals surface area contributed by atoms with Crippen LogP contribution in [-0.4, -0.2) is 29.8 Å². The first-order valence-electron chi connectivity index (χ1n) is 6.95. The number of nitrogens with zero attached hydrogens (tertiary/aromatic N) is 1. The number of carbonyl (C=O) groups excluding carboxylic acids is 2. The van der Waals surface area contributed by atoms with Crippen LogP contribution in [0.2, 0.25) is 5.02 Å². The Morgan fingerprint density at radius 3 is 2.71 bits per heavy atom. The van der Waals surface area contributed by atoms with Gasteiger partial charge in [-0.1, -0.05) is 29.8 Å².